The third-order valence-electron chi connectivity index (χ3n) is 3.49. The second-order valence-corrected chi connectivity index (χ2v) is 7.50. The highest BCUT2D eigenvalue weighted by Gasteiger charge is 2.30. The number of hydrogen-bond acceptors (Lipinski definition) is 3. The first-order chi connectivity index (χ1) is 8.52. The van der Waals surface area contributed by atoms with Crippen molar-refractivity contribution in [3.8, 4) is 0 Å². The molecule has 3 nitrogen and oxygen atoms in total. The summed E-state index contributed by atoms with van der Waals surface area (Å²) in [5.41, 5.74) is 1.06. The fourth-order valence-electron chi connectivity index (χ4n) is 2.70. The molecule has 1 N–H and O–H groups in total. The average molecular weight is 288 g/mol. The standard InChI is InChI=1S/C13H18ClNO2S/c1-15-13(10-4-2-6-12(14)8-10)11-5-3-7-18(16,17)9-11/h2,4,6,8,11,13,15H,3,5,7,9H2,1H3. The maximum Gasteiger partial charge on any atom is 0.150 e. The van der Waals surface area contributed by atoms with Crippen LogP contribution in [0.5, 0.6) is 0 Å². The zero-order valence-electron chi connectivity index (χ0n) is 10.4. The van der Waals surface area contributed by atoms with Gasteiger partial charge < -0.3 is 5.32 Å². The fourth-order valence-corrected chi connectivity index (χ4v) is 4.68. The zero-order chi connectivity index (χ0) is 13.2. The Kier molecular flexibility index (Phi) is 4.30. The summed E-state index contributed by atoms with van der Waals surface area (Å²) in [6.45, 7) is 0. The van der Waals surface area contributed by atoms with Crippen molar-refractivity contribution >= 4 is 21.4 Å². The second kappa shape index (κ2) is 5.59. The lowest BCUT2D eigenvalue weighted by Crippen LogP contribution is -2.34. The number of hydrogen-bond donors (Lipinski definition) is 1. The molecule has 1 aromatic carbocycles. The molecule has 1 aromatic rings. The third-order valence-corrected chi connectivity index (χ3v) is 5.57. The molecule has 0 radical (unpaired) electrons. The minimum atomic E-state index is -2.88. The molecule has 1 heterocycles. The number of sulfone groups is 1. The van der Waals surface area contributed by atoms with Crippen molar-refractivity contribution in [2.24, 2.45) is 5.92 Å². The summed E-state index contributed by atoms with van der Waals surface area (Å²) in [6, 6.07) is 7.69. The van der Waals surface area contributed by atoms with Crippen LogP contribution in [0, 0.1) is 5.92 Å². The predicted octanol–water partition coefficient (Wildman–Crippen LogP) is 2.43. The summed E-state index contributed by atoms with van der Waals surface area (Å²) in [7, 11) is -1.01. The quantitative estimate of drug-likeness (QED) is 0.929. The molecule has 18 heavy (non-hydrogen) atoms. The number of benzene rings is 1. The van der Waals surface area contributed by atoms with Gasteiger partial charge in [-0.25, -0.2) is 8.42 Å². The first kappa shape index (κ1) is 13.8. The van der Waals surface area contributed by atoms with Crippen LogP contribution >= 0.6 is 11.6 Å². The zero-order valence-corrected chi connectivity index (χ0v) is 12.0. The molecular weight excluding hydrogens is 270 g/mol. The van der Waals surface area contributed by atoms with Crippen LogP contribution in [0.4, 0.5) is 0 Å². The van der Waals surface area contributed by atoms with Crippen molar-refractivity contribution in [2.75, 3.05) is 18.6 Å². The SMILES string of the molecule is CNC(c1cccc(Cl)c1)C1CCCS(=O)(=O)C1. The van der Waals surface area contributed by atoms with E-state index >= 15 is 0 Å². The number of nitrogens with one attached hydrogen (secondary N) is 1. The van der Waals surface area contributed by atoms with Gasteiger partial charge >= 0.3 is 0 Å². The lowest BCUT2D eigenvalue weighted by atomic mass is 9.91. The van der Waals surface area contributed by atoms with Gasteiger partial charge in [-0.1, -0.05) is 23.7 Å². The van der Waals surface area contributed by atoms with Gasteiger partial charge in [0.05, 0.1) is 11.5 Å². The van der Waals surface area contributed by atoms with Crippen LogP contribution in [0.15, 0.2) is 24.3 Å². The second-order valence-electron chi connectivity index (χ2n) is 4.84. The van der Waals surface area contributed by atoms with Gasteiger partial charge in [0.25, 0.3) is 0 Å². The van der Waals surface area contributed by atoms with Gasteiger partial charge in [-0.05, 0) is 43.5 Å². The Labute approximate surface area is 113 Å². The van der Waals surface area contributed by atoms with E-state index in [9.17, 15) is 8.42 Å². The van der Waals surface area contributed by atoms with Gasteiger partial charge in [-0.3, -0.25) is 0 Å². The smallest absolute Gasteiger partial charge is 0.150 e. The summed E-state index contributed by atoms with van der Waals surface area (Å²) in [5.74, 6) is 0.729. The van der Waals surface area contributed by atoms with Gasteiger partial charge in [0.15, 0.2) is 9.84 Å². The average Bonchev–Trinajstić information content (AvgIpc) is 2.29. The molecular formula is C13H18ClNO2S. The summed E-state index contributed by atoms with van der Waals surface area (Å²) >= 11 is 5.99. The third kappa shape index (κ3) is 3.25. The van der Waals surface area contributed by atoms with Crippen LogP contribution in [0.3, 0.4) is 0 Å². The highest BCUT2D eigenvalue weighted by molar-refractivity contribution is 7.91. The lowest BCUT2D eigenvalue weighted by Gasteiger charge is -2.30. The Hall–Kier alpha value is -0.580. The number of rotatable bonds is 3. The molecule has 2 unspecified atom stereocenters. The molecule has 2 rings (SSSR count). The summed E-state index contributed by atoms with van der Waals surface area (Å²) < 4.78 is 23.5. The van der Waals surface area contributed by atoms with E-state index in [1.54, 1.807) is 0 Å². The molecule has 0 saturated carbocycles. The van der Waals surface area contributed by atoms with Gasteiger partial charge in [0.1, 0.15) is 0 Å². The van der Waals surface area contributed by atoms with Crippen LogP contribution in [-0.2, 0) is 9.84 Å². The predicted molar refractivity (Wildman–Crippen MR) is 74.6 cm³/mol. The van der Waals surface area contributed by atoms with Crippen LogP contribution in [0.25, 0.3) is 0 Å². The van der Waals surface area contributed by atoms with Crippen molar-refractivity contribution in [1.82, 2.24) is 5.32 Å². The Bertz CT molecular complexity index is 515. The van der Waals surface area contributed by atoms with Crippen LogP contribution in [-0.4, -0.2) is 27.0 Å². The molecule has 2 atom stereocenters. The van der Waals surface area contributed by atoms with Crippen molar-refractivity contribution in [3.05, 3.63) is 34.9 Å². The minimum Gasteiger partial charge on any atom is -0.313 e. The van der Waals surface area contributed by atoms with Crippen molar-refractivity contribution in [2.45, 2.75) is 18.9 Å². The Morgan fingerprint density at radius 2 is 2.22 bits per heavy atom. The molecule has 0 bridgehead atoms. The molecule has 0 spiro atoms. The van der Waals surface area contributed by atoms with E-state index in [0.717, 1.165) is 18.4 Å². The topological polar surface area (TPSA) is 46.2 Å². The lowest BCUT2D eigenvalue weighted by molar-refractivity contribution is 0.373. The molecule has 0 amide bonds. The molecule has 1 saturated heterocycles. The minimum absolute atomic E-state index is 0.0544. The van der Waals surface area contributed by atoms with E-state index in [1.165, 1.54) is 0 Å². The van der Waals surface area contributed by atoms with Gasteiger partial charge in [0.2, 0.25) is 0 Å². The van der Waals surface area contributed by atoms with Gasteiger partial charge in [0, 0.05) is 11.1 Å². The highest BCUT2D eigenvalue weighted by Crippen LogP contribution is 2.31. The van der Waals surface area contributed by atoms with E-state index in [0.29, 0.717) is 10.8 Å². The van der Waals surface area contributed by atoms with Gasteiger partial charge in [-0.2, -0.15) is 0 Å². The molecule has 1 aliphatic heterocycles. The fraction of sp³-hybridized carbons (Fsp3) is 0.538. The van der Waals surface area contributed by atoms with Crippen molar-refractivity contribution in [1.29, 1.82) is 0 Å². The van der Waals surface area contributed by atoms with Crippen LogP contribution < -0.4 is 5.32 Å². The number of halogens is 1. The monoisotopic (exact) mass is 287 g/mol. The van der Waals surface area contributed by atoms with E-state index in [1.807, 2.05) is 31.3 Å². The molecule has 1 aliphatic rings. The Balaban J connectivity index is 2.23. The molecule has 5 heteroatoms. The summed E-state index contributed by atoms with van der Waals surface area (Å²) in [5, 5.41) is 3.92. The summed E-state index contributed by atoms with van der Waals surface area (Å²) in [4.78, 5) is 0. The molecule has 0 aromatic heterocycles. The maximum absolute atomic E-state index is 11.7. The molecule has 1 fully saturated rings. The highest BCUT2D eigenvalue weighted by atomic mass is 35.5. The van der Waals surface area contributed by atoms with Crippen molar-refractivity contribution in [3.63, 3.8) is 0 Å². The van der Waals surface area contributed by atoms with E-state index in [2.05, 4.69) is 5.32 Å². The summed E-state index contributed by atoms with van der Waals surface area (Å²) in [6.07, 6.45) is 1.70. The van der Waals surface area contributed by atoms with E-state index in [-0.39, 0.29) is 17.7 Å². The first-order valence-electron chi connectivity index (χ1n) is 6.15. The molecule has 0 aliphatic carbocycles. The normalized spacial score (nSPS) is 24.7. The van der Waals surface area contributed by atoms with Crippen LogP contribution in [0.1, 0.15) is 24.4 Å². The molecule has 100 valence electrons. The Morgan fingerprint density at radius 1 is 1.44 bits per heavy atom. The van der Waals surface area contributed by atoms with Gasteiger partial charge in [-0.15, -0.1) is 0 Å². The van der Waals surface area contributed by atoms with Crippen molar-refractivity contribution < 1.29 is 8.42 Å². The van der Waals surface area contributed by atoms with Crippen LogP contribution in [0.2, 0.25) is 5.02 Å². The van der Waals surface area contributed by atoms with E-state index in [4.69, 9.17) is 11.6 Å². The Morgan fingerprint density at radius 3 is 2.83 bits per heavy atom. The van der Waals surface area contributed by atoms with E-state index < -0.39 is 9.84 Å². The first-order valence-corrected chi connectivity index (χ1v) is 8.35. The largest absolute Gasteiger partial charge is 0.313 e. The maximum atomic E-state index is 11.7.